The van der Waals surface area contributed by atoms with Gasteiger partial charge in [-0.2, -0.15) is 0 Å². The van der Waals surface area contributed by atoms with Gasteiger partial charge < -0.3 is 30.9 Å². The summed E-state index contributed by atoms with van der Waals surface area (Å²) >= 11 is 0. The van der Waals surface area contributed by atoms with Crippen molar-refractivity contribution >= 4 is 12.0 Å². The molecule has 0 spiro atoms. The summed E-state index contributed by atoms with van der Waals surface area (Å²) in [5.41, 5.74) is 7.10. The highest BCUT2D eigenvalue weighted by Crippen LogP contribution is 2.44. The second-order valence-corrected chi connectivity index (χ2v) is 11.2. The summed E-state index contributed by atoms with van der Waals surface area (Å²) in [5.74, 6) is -1.18. The third-order valence-corrected chi connectivity index (χ3v) is 8.63. The minimum Gasteiger partial charge on any atom is -0.453 e. The van der Waals surface area contributed by atoms with Gasteiger partial charge in [0.25, 0.3) is 0 Å². The van der Waals surface area contributed by atoms with Crippen molar-refractivity contribution in [1.29, 1.82) is 0 Å². The number of ether oxygens (including phenoxy) is 1. The summed E-state index contributed by atoms with van der Waals surface area (Å²) in [7, 11) is 1.29. The fraction of sp³-hybridized carbons (Fsp3) is 0.548. The molecule has 1 saturated heterocycles. The third-order valence-electron chi connectivity index (χ3n) is 8.63. The SMILES string of the molecule is CCc1cccc(-c2c(F)cccc2C(O)(CCCNC(=O)OC)[C@@H]2CCCN(C(=O)[C@H]3C[C@@H](N)[C@@H](O)C3)C2)c1. The monoisotopic (exact) mass is 555 g/mol. The first-order valence-electron chi connectivity index (χ1n) is 14.3. The number of carbonyl (C=O) groups is 2. The van der Waals surface area contributed by atoms with Crippen LogP contribution in [-0.2, 0) is 21.6 Å². The second kappa shape index (κ2) is 13.1. The lowest BCUT2D eigenvalue weighted by Gasteiger charge is -2.44. The molecule has 8 nitrogen and oxygen atoms in total. The number of aryl methyl sites for hydroxylation is 1. The summed E-state index contributed by atoms with van der Waals surface area (Å²) in [6.07, 6.45) is 2.34. The normalized spacial score (nSPS) is 24.4. The van der Waals surface area contributed by atoms with Gasteiger partial charge in [0.05, 0.1) is 18.8 Å². The maximum atomic E-state index is 15.6. The van der Waals surface area contributed by atoms with Crippen molar-refractivity contribution in [2.45, 2.75) is 69.6 Å². The third kappa shape index (κ3) is 6.48. The van der Waals surface area contributed by atoms with Crippen LogP contribution in [0.25, 0.3) is 11.1 Å². The zero-order valence-electron chi connectivity index (χ0n) is 23.4. The first kappa shape index (κ1) is 30.0. The number of hydrogen-bond acceptors (Lipinski definition) is 6. The molecule has 4 rings (SSSR count). The van der Waals surface area contributed by atoms with Crippen LogP contribution in [0.5, 0.6) is 0 Å². The molecule has 2 aromatic rings. The molecule has 1 saturated carbocycles. The highest BCUT2D eigenvalue weighted by atomic mass is 19.1. The molecule has 2 aliphatic rings. The van der Waals surface area contributed by atoms with Crippen LogP contribution in [0.4, 0.5) is 9.18 Å². The summed E-state index contributed by atoms with van der Waals surface area (Å²) < 4.78 is 20.3. The Morgan fingerprint density at radius 1 is 1.23 bits per heavy atom. The molecule has 5 N–H and O–H groups in total. The van der Waals surface area contributed by atoms with Crippen molar-refractivity contribution in [2.75, 3.05) is 26.7 Å². The summed E-state index contributed by atoms with van der Waals surface area (Å²) in [6.45, 7) is 3.19. The fourth-order valence-electron chi connectivity index (χ4n) is 6.38. The second-order valence-electron chi connectivity index (χ2n) is 11.2. The van der Waals surface area contributed by atoms with E-state index in [-0.39, 0.29) is 30.7 Å². The maximum absolute atomic E-state index is 15.6. The Kier molecular flexibility index (Phi) is 9.81. The Morgan fingerprint density at radius 3 is 2.70 bits per heavy atom. The van der Waals surface area contributed by atoms with Gasteiger partial charge in [0.1, 0.15) is 5.82 Å². The molecule has 1 unspecified atom stereocenters. The van der Waals surface area contributed by atoms with Crippen molar-refractivity contribution in [3.05, 3.63) is 59.4 Å². The number of methoxy groups -OCH3 is 1. The lowest BCUT2D eigenvalue weighted by atomic mass is 9.72. The van der Waals surface area contributed by atoms with Gasteiger partial charge >= 0.3 is 6.09 Å². The summed E-state index contributed by atoms with van der Waals surface area (Å²) in [4.78, 5) is 26.8. The molecule has 2 fully saturated rings. The maximum Gasteiger partial charge on any atom is 0.406 e. The molecule has 1 heterocycles. The standard InChI is InChI=1S/C31H42FN3O5/c1-3-20-8-4-9-21(16-20)28-24(11-5-12-25(28)32)31(39,13-7-14-34-30(38)40-2)23-10-6-15-35(19-23)29(37)22-17-26(33)27(36)18-22/h4-5,8-9,11-12,16,22-23,26-27,36,39H,3,6-7,10,13-15,17-19,33H2,1-2H3,(H,34,38)/t22-,23+,26+,27-,31?/m0/s1. The number of rotatable bonds is 9. The molecule has 40 heavy (non-hydrogen) atoms. The molecule has 218 valence electrons. The van der Waals surface area contributed by atoms with E-state index in [1.165, 1.54) is 13.2 Å². The van der Waals surface area contributed by atoms with Crippen LogP contribution < -0.4 is 11.1 Å². The Balaban J connectivity index is 1.68. The van der Waals surface area contributed by atoms with Gasteiger partial charge in [0, 0.05) is 43.1 Å². The number of piperidine rings is 1. The minimum atomic E-state index is -1.47. The number of carbonyl (C=O) groups excluding carboxylic acids is 2. The number of alkyl carbamates (subject to hydrolysis) is 1. The number of likely N-dealkylation sites (tertiary alicyclic amines) is 1. The number of nitrogens with zero attached hydrogens (tertiary/aromatic N) is 1. The number of hydrogen-bond donors (Lipinski definition) is 4. The van der Waals surface area contributed by atoms with E-state index in [9.17, 15) is 19.8 Å². The Hall–Kier alpha value is -3.01. The van der Waals surface area contributed by atoms with Crippen LogP contribution in [0.3, 0.4) is 0 Å². The van der Waals surface area contributed by atoms with Crippen molar-refractivity contribution in [2.24, 2.45) is 17.6 Å². The van der Waals surface area contributed by atoms with E-state index in [2.05, 4.69) is 10.1 Å². The Morgan fingerprint density at radius 2 is 2.00 bits per heavy atom. The van der Waals surface area contributed by atoms with Gasteiger partial charge in [-0.15, -0.1) is 0 Å². The molecule has 1 aliphatic heterocycles. The van der Waals surface area contributed by atoms with E-state index in [0.29, 0.717) is 61.9 Å². The molecule has 9 heteroatoms. The first-order chi connectivity index (χ1) is 19.2. The zero-order chi connectivity index (χ0) is 28.9. The predicted molar refractivity (Wildman–Crippen MR) is 151 cm³/mol. The number of benzene rings is 2. The van der Waals surface area contributed by atoms with Gasteiger partial charge in [0.15, 0.2) is 0 Å². The molecule has 0 aromatic heterocycles. The quantitative estimate of drug-likeness (QED) is 0.350. The Bertz CT molecular complexity index is 1180. The molecule has 5 atom stereocenters. The van der Waals surface area contributed by atoms with Crippen molar-refractivity contribution < 1.29 is 28.9 Å². The van der Waals surface area contributed by atoms with E-state index in [1.807, 2.05) is 31.2 Å². The van der Waals surface area contributed by atoms with E-state index in [4.69, 9.17) is 5.73 Å². The topological polar surface area (TPSA) is 125 Å². The van der Waals surface area contributed by atoms with Crippen LogP contribution in [0.2, 0.25) is 0 Å². The molecular weight excluding hydrogens is 513 g/mol. The molecule has 2 aromatic carbocycles. The van der Waals surface area contributed by atoms with Crippen molar-refractivity contribution in [3.63, 3.8) is 0 Å². The van der Waals surface area contributed by atoms with Crippen molar-refractivity contribution in [3.8, 4) is 11.1 Å². The lowest BCUT2D eigenvalue weighted by molar-refractivity contribution is -0.141. The van der Waals surface area contributed by atoms with Crippen LogP contribution in [0.15, 0.2) is 42.5 Å². The van der Waals surface area contributed by atoms with Crippen molar-refractivity contribution in [1.82, 2.24) is 10.2 Å². The summed E-state index contributed by atoms with van der Waals surface area (Å²) in [5, 5.41) is 25.3. The predicted octanol–water partition coefficient (Wildman–Crippen LogP) is 3.72. The zero-order valence-corrected chi connectivity index (χ0v) is 23.4. The van der Waals surface area contributed by atoms with Crippen LogP contribution in [0, 0.1) is 17.7 Å². The Labute approximate surface area is 235 Å². The van der Waals surface area contributed by atoms with Crippen LogP contribution >= 0.6 is 0 Å². The number of aliphatic hydroxyl groups excluding tert-OH is 1. The minimum absolute atomic E-state index is 0.0541. The number of nitrogens with two attached hydrogens (primary N) is 1. The molecule has 0 bridgehead atoms. The lowest BCUT2D eigenvalue weighted by Crippen LogP contribution is -2.50. The fourth-order valence-corrected chi connectivity index (χ4v) is 6.38. The van der Waals surface area contributed by atoms with Crippen LogP contribution in [0.1, 0.15) is 56.6 Å². The highest BCUT2D eigenvalue weighted by Gasteiger charge is 2.45. The van der Waals surface area contributed by atoms with Gasteiger partial charge in [-0.05, 0) is 67.7 Å². The van der Waals surface area contributed by atoms with Gasteiger partial charge in [-0.3, -0.25) is 4.79 Å². The number of aliphatic hydroxyl groups is 2. The van der Waals surface area contributed by atoms with E-state index in [1.54, 1.807) is 17.0 Å². The average Bonchev–Trinajstić information content (AvgIpc) is 3.32. The van der Waals surface area contributed by atoms with E-state index in [0.717, 1.165) is 12.0 Å². The molecule has 0 radical (unpaired) electrons. The molecule has 2 amide bonds. The number of nitrogens with one attached hydrogen (secondary N) is 1. The summed E-state index contributed by atoms with van der Waals surface area (Å²) in [6, 6.07) is 12.1. The molecule has 1 aliphatic carbocycles. The average molecular weight is 556 g/mol. The smallest absolute Gasteiger partial charge is 0.406 e. The van der Waals surface area contributed by atoms with E-state index < -0.39 is 29.7 Å². The van der Waals surface area contributed by atoms with Gasteiger partial charge in [0.2, 0.25) is 5.91 Å². The van der Waals surface area contributed by atoms with Gasteiger partial charge in [-0.25, -0.2) is 9.18 Å². The first-order valence-corrected chi connectivity index (χ1v) is 14.3. The number of amides is 2. The highest BCUT2D eigenvalue weighted by molar-refractivity contribution is 5.79. The van der Waals surface area contributed by atoms with E-state index >= 15 is 4.39 Å². The largest absolute Gasteiger partial charge is 0.453 e. The van der Waals surface area contributed by atoms with Gasteiger partial charge in [-0.1, -0.05) is 43.3 Å². The van der Waals surface area contributed by atoms with Crippen LogP contribution in [-0.4, -0.2) is 66.0 Å². The number of halogens is 1. The molecular formula is C31H42FN3O5.